The number of aromatic nitrogens is 1. The van der Waals surface area contributed by atoms with Crippen molar-refractivity contribution >= 4 is 81.1 Å². The van der Waals surface area contributed by atoms with Crippen LogP contribution in [0.25, 0.3) is 69.6 Å². The summed E-state index contributed by atoms with van der Waals surface area (Å²) in [5, 5.41) is 7.64. The van der Waals surface area contributed by atoms with Crippen LogP contribution in [0.15, 0.2) is 194 Å². The molecule has 1 atom stereocenters. The first kappa shape index (κ1) is 30.4. The van der Waals surface area contributed by atoms with Crippen molar-refractivity contribution in [2.75, 3.05) is 4.90 Å². The lowest BCUT2D eigenvalue weighted by molar-refractivity contribution is 0.748. The van der Waals surface area contributed by atoms with Gasteiger partial charge in [0.25, 0.3) is 0 Å². The van der Waals surface area contributed by atoms with Gasteiger partial charge in [-0.2, -0.15) is 0 Å². The van der Waals surface area contributed by atoms with Gasteiger partial charge in [0.2, 0.25) is 0 Å². The van der Waals surface area contributed by atoms with Crippen molar-refractivity contribution in [3.63, 3.8) is 0 Å². The lowest BCUT2D eigenvalue weighted by atomic mass is 9.65. The summed E-state index contributed by atoms with van der Waals surface area (Å²) in [5.41, 5.74) is 14.6. The number of nitrogens with zero attached hydrogens (tertiary/aromatic N) is 2. The summed E-state index contributed by atoms with van der Waals surface area (Å²) in [7, 11) is 0. The van der Waals surface area contributed by atoms with Gasteiger partial charge < -0.3 is 9.47 Å². The second kappa shape index (κ2) is 11.1. The Balaban J connectivity index is 1.15. The van der Waals surface area contributed by atoms with Crippen LogP contribution in [0, 0.1) is 0 Å². The molecule has 2 aromatic heterocycles. The molecule has 1 aliphatic heterocycles. The third-order valence-electron chi connectivity index (χ3n) is 12.5. The molecule has 2 aliphatic rings. The molecule has 0 amide bonds. The lowest BCUT2D eigenvalue weighted by Crippen LogP contribution is -2.33. The van der Waals surface area contributed by atoms with Gasteiger partial charge in [-0.1, -0.05) is 146 Å². The van der Waals surface area contributed by atoms with E-state index >= 15 is 0 Å². The van der Waals surface area contributed by atoms with Crippen molar-refractivity contribution in [2.45, 2.75) is 5.41 Å². The topological polar surface area (TPSA) is 8.17 Å². The molecule has 11 aromatic rings. The van der Waals surface area contributed by atoms with Crippen molar-refractivity contribution in [3.8, 4) is 16.8 Å². The van der Waals surface area contributed by atoms with Gasteiger partial charge in [0.05, 0.1) is 32.5 Å². The zero-order valence-corrected chi connectivity index (χ0v) is 31.1. The van der Waals surface area contributed by atoms with Gasteiger partial charge in [0.1, 0.15) is 0 Å². The number of benzene rings is 9. The summed E-state index contributed by atoms with van der Waals surface area (Å²) in [6.07, 6.45) is 0. The fraction of sp³-hybridized carbons (Fsp3) is 0.0189. The quantitative estimate of drug-likeness (QED) is 0.176. The van der Waals surface area contributed by atoms with Crippen LogP contribution in [0.3, 0.4) is 0 Å². The monoisotopic (exact) mass is 728 g/mol. The molecule has 56 heavy (non-hydrogen) atoms. The van der Waals surface area contributed by atoms with Crippen LogP contribution in [0.1, 0.15) is 22.3 Å². The van der Waals surface area contributed by atoms with Gasteiger partial charge in [0.15, 0.2) is 0 Å². The number of thiophene rings is 1. The van der Waals surface area contributed by atoms with Crippen LogP contribution in [-0.2, 0) is 5.41 Å². The second-order valence-electron chi connectivity index (χ2n) is 15.2. The summed E-state index contributed by atoms with van der Waals surface area (Å²) >= 11 is 1.88. The van der Waals surface area contributed by atoms with E-state index in [9.17, 15) is 0 Å². The van der Waals surface area contributed by atoms with Crippen LogP contribution in [0.4, 0.5) is 17.1 Å². The molecule has 1 spiro atoms. The maximum atomic E-state index is 2.52. The van der Waals surface area contributed by atoms with Crippen LogP contribution in [0.2, 0.25) is 0 Å². The Morgan fingerprint density at radius 1 is 0.429 bits per heavy atom. The fourth-order valence-corrected chi connectivity index (χ4v) is 11.5. The minimum atomic E-state index is -0.527. The van der Waals surface area contributed by atoms with Gasteiger partial charge in [-0.15, -0.1) is 11.3 Å². The molecule has 1 aliphatic carbocycles. The van der Waals surface area contributed by atoms with Crippen molar-refractivity contribution in [1.29, 1.82) is 0 Å². The molecule has 0 saturated carbocycles. The third kappa shape index (κ3) is 3.80. The van der Waals surface area contributed by atoms with Crippen molar-refractivity contribution in [3.05, 3.63) is 216 Å². The Kier molecular flexibility index (Phi) is 6.01. The predicted molar refractivity (Wildman–Crippen MR) is 237 cm³/mol. The average molecular weight is 729 g/mol. The molecule has 0 N–H and O–H groups in total. The third-order valence-corrected chi connectivity index (χ3v) is 13.8. The number of hydrogen-bond acceptors (Lipinski definition) is 2. The Hall–Kier alpha value is -6.94. The highest BCUT2D eigenvalue weighted by Gasteiger charge is 2.51. The summed E-state index contributed by atoms with van der Waals surface area (Å²) < 4.78 is 5.12. The first-order chi connectivity index (χ1) is 27.8. The highest BCUT2D eigenvalue weighted by atomic mass is 32.1. The molecular formula is C53H32N2S. The Bertz CT molecular complexity index is 3460. The number of fused-ring (bicyclic) bond motifs is 16. The molecule has 0 fully saturated rings. The molecular weight excluding hydrogens is 697 g/mol. The molecule has 2 nitrogen and oxygen atoms in total. The van der Waals surface area contributed by atoms with E-state index < -0.39 is 5.41 Å². The molecule has 260 valence electrons. The average Bonchev–Trinajstić information content (AvgIpc) is 3.91. The van der Waals surface area contributed by atoms with Crippen LogP contribution >= 0.6 is 11.3 Å². The first-order valence-electron chi connectivity index (χ1n) is 19.4. The highest BCUT2D eigenvalue weighted by Crippen LogP contribution is 2.62. The van der Waals surface area contributed by atoms with Crippen LogP contribution in [-0.4, -0.2) is 4.57 Å². The molecule has 1 unspecified atom stereocenters. The Morgan fingerprint density at radius 2 is 1.09 bits per heavy atom. The van der Waals surface area contributed by atoms with E-state index in [2.05, 4.69) is 204 Å². The molecule has 3 heterocycles. The molecule has 9 aromatic carbocycles. The first-order valence-corrected chi connectivity index (χ1v) is 20.2. The number of hydrogen-bond donors (Lipinski definition) is 0. The summed E-state index contributed by atoms with van der Waals surface area (Å²) in [5.74, 6) is 0. The molecule has 13 rings (SSSR count). The smallest absolute Gasteiger partial charge is 0.0755 e. The van der Waals surface area contributed by atoms with Crippen molar-refractivity contribution in [1.82, 2.24) is 4.57 Å². The van der Waals surface area contributed by atoms with Gasteiger partial charge >= 0.3 is 0 Å². The van der Waals surface area contributed by atoms with Crippen molar-refractivity contribution < 1.29 is 0 Å². The van der Waals surface area contributed by atoms with E-state index in [1.165, 1.54) is 97.5 Å². The number of anilines is 3. The molecule has 0 radical (unpaired) electrons. The van der Waals surface area contributed by atoms with Crippen LogP contribution in [0.5, 0.6) is 0 Å². The van der Waals surface area contributed by atoms with E-state index in [-0.39, 0.29) is 0 Å². The van der Waals surface area contributed by atoms with Crippen LogP contribution < -0.4 is 4.90 Å². The second-order valence-corrected chi connectivity index (χ2v) is 16.3. The minimum absolute atomic E-state index is 0.527. The summed E-state index contributed by atoms with van der Waals surface area (Å²) in [6, 6.07) is 72.6. The van der Waals surface area contributed by atoms with Crippen molar-refractivity contribution in [2.24, 2.45) is 0 Å². The zero-order chi connectivity index (χ0) is 36.5. The van der Waals surface area contributed by atoms with Gasteiger partial charge in [-0.25, -0.2) is 0 Å². The van der Waals surface area contributed by atoms with Gasteiger partial charge in [-0.3, -0.25) is 0 Å². The van der Waals surface area contributed by atoms with E-state index in [0.29, 0.717) is 0 Å². The Labute approximate surface area is 327 Å². The van der Waals surface area contributed by atoms with E-state index in [1.54, 1.807) is 0 Å². The normalized spacial score (nSPS) is 15.2. The molecule has 0 bridgehead atoms. The summed E-state index contributed by atoms with van der Waals surface area (Å²) in [6.45, 7) is 0. The van der Waals surface area contributed by atoms with E-state index in [0.717, 1.165) is 11.4 Å². The largest absolute Gasteiger partial charge is 0.309 e. The van der Waals surface area contributed by atoms with E-state index in [1.807, 2.05) is 11.3 Å². The standard InChI is InChI=1S/C53H32N2S/c1-2-14-34-31-35(28-27-33(34)13-1)54(49-25-12-19-42-40-17-5-10-26-50(40)56-52(42)49)36-29-30-38-37-15-3-6-20-43(37)53(46(38)32-36)44-21-7-9-24-48(44)55-47-23-8-4-16-39(47)41-18-11-22-45(53)51(41)55/h1-32H. The maximum Gasteiger partial charge on any atom is 0.0755 e. The zero-order valence-electron chi connectivity index (χ0n) is 30.3. The lowest BCUT2D eigenvalue weighted by Gasteiger charge is -2.40. The van der Waals surface area contributed by atoms with E-state index in [4.69, 9.17) is 0 Å². The minimum Gasteiger partial charge on any atom is -0.309 e. The fourth-order valence-electron chi connectivity index (χ4n) is 10.3. The predicted octanol–water partition coefficient (Wildman–Crippen LogP) is 14.5. The molecule has 3 heteroatoms. The van der Waals surface area contributed by atoms with Gasteiger partial charge in [0, 0.05) is 37.6 Å². The molecule has 0 saturated heterocycles. The number of para-hydroxylation sites is 3. The number of rotatable bonds is 3. The highest BCUT2D eigenvalue weighted by molar-refractivity contribution is 7.26. The summed E-state index contributed by atoms with van der Waals surface area (Å²) in [4.78, 5) is 2.51. The SMILES string of the molecule is c1ccc2c(c1)-c1ccc(N(c3ccc4ccccc4c3)c3cccc4c3sc3ccccc34)cc1C21c2ccccc2-n2c3ccccc3c3cccc1c32. The van der Waals surface area contributed by atoms with Gasteiger partial charge in [-0.05, 0) is 92.7 Å². The maximum absolute atomic E-state index is 2.52. The Morgan fingerprint density at radius 3 is 2.04 bits per heavy atom.